The van der Waals surface area contributed by atoms with Crippen molar-refractivity contribution in [2.75, 3.05) is 0 Å². The van der Waals surface area contributed by atoms with Gasteiger partial charge in [0, 0.05) is 17.8 Å². The SMILES string of the molecule is CC12CCC(C(=NO)CC1=NO)C2(C)C. The fraction of sp³-hybridized carbons (Fsp3) is 0.818. The summed E-state index contributed by atoms with van der Waals surface area (Å²) in [6.07, 6.45) is 2.53. The van der Waals surface area contributed by atoms with Crippen LogP contribution in [-0.4, -0.2) is 21.8 Å². The van der Waals surface area contributed by atoms with Gasteiger partial charge in [0.1, 0.15) is 0 Å². The van der Waals surface area contributed by atoms with Crippen LogP contribution in [0.2, 0.25) is 0 Å². The summed E-state index contributed by atoms with van der Waals surface area (Å²) in [6, 6.07) is 0. The van der Waals surface area contributed by atoms with Crippen LogP contribution in [0.25, 0.3) is 0 Å². The average Bonchev–Trinajstić information content (AvgIpc) is 2.37. The number of nitrogens with zero attached hydrogens (tertiary/aromatic N) is 2. The average molecular weight is 210 g/mol. The van der Waals surface area contributed by atoms with Crippen molar-refractivity contribution < 1.29 is 10.4 Å². The predicted molar refractivity (Wildman–Crippen MR) is 57.7 cm³/mol. The van der Waals surface area contributed by atoms with Crippen LogP contribution in [0, 0.1) is 16.7 Å². The van der Waals surface area contributed by atoms with Crippen molar-refractivity contribution in [2.45, 2.75) is 40.0 Å². The zero-order valence-corrected chi connectivity index (χ0v) is 9.49. The van der Waals surface area contributed by atoms with Crippen LogP contribution in [-0.2, 0) is 0 Å². The topological polar surface area (TPSA) is 65.2 Å². The van der Waals surface area contributed by atoms with Crippen LogP contribution in [0.1, 0.15) is 40.0 Å². The molecule has 4 heteroatoms. The normalized spacial score (nSPS) is 43.8. The Labute approximate surface area is 89.7 Å². The summed E-state index contributed by atoms with van der Waals surface area (Å²) in [5, 5.41) is 24.9. The van der Waals surface area contributed by atoms with Gasteiger partial charge in [-0.05, 0) is 18.3 Å². The number of fused-ring (bicyclic) bond motifs is 2. The van der Waals surface area contributed by atoms with Gasteiger partial charge in [-0.25, -0.2) is 0 Å². The molecule has 2 bridgehead atoms. The second-order valence-corrected chi connectivity index (χ2v) is 5.46. The molecule has 4 nitrogen and oxygen atoms in total. The van der Waals surface area contributed by atoms with E-state index in [9.17, 15) is 0 Å². The number of hydrogen-bond acceptors (Lipinski definition) is 4. The highest BCUT2D eigenvalue weighted by atomic mass is 16.4. The molecule has 2 saturated carbocycles. The third-order valence-corrected chi connectivity index (χ3v) is 4.86. The quantitative estimate of drug-likeness (QED) is 0.476. The molecule has 0 heterocycles. The van der Waals surface area contributed by atoms with Gasteiger partial charge in [-0.1, -0.05) is 31.1 Å². The molecule has 2 unspecified atom stereocenters. The Morgan fingerprint density at radius 3 is 2.40 bits per heavy atom. The van der Waals surface area contributed by atoms with Gasteiger partial charge >= 0.3 is 0 Å². The Hall–Kier alpha value is -1.06. The van der Waals surface area contributed by atoms with E-state index in [1.807, 2.05) is 0 Å². The molecular weight excluding hydrogens is 192 g/mol. The largest absolute Gasteiger partial charge is 0.411 e. The van der Waals surface area contributed by atoms with Crippen molar-refractivity contribution in [1.82, 2.24) is 0 Å². The van der Waals surface area contributed by atoms with Crippen molar-refractivity contribution >= 4 is 11.4 Å². The molecular formula is C11H18N2O2. The van der Waals surface area contributed by atoms with Gasteiger partial charge in [0.15, 0.2) is 0 Å². The number of rotatable bonds is 0. The zero-order chi connectivity index (χ0) is 11.3. The number of hydrogen-bond donors (Lipinski definition) is 2. The first kappa shape index (κ1) is 10.5. The second kappa shape index (κ2) is 2.97. The van der Waals surface area contributed by atoms with Gasteiger partial charge in [-0.2, -0.15) is 0 Å². The molecule has 2 rings (SSSR count). The lowest BCUT2D eigenvalue weighted by Crippen LogP contribution is -2.48. The summed E-state index contributed by atoms with van der Waals surface area (Å²) in [5.74, 6) is 0.318. The van der Waals surface area contributed by atoms with Gasteiger partial charge < -0.3 is 10.4 Å². The maximum atomic E-state index is 9.07. The van der Waals surface area contributed by atoms with Gasteiger partial charge in [-0.15, -0.1) is 0 Å². The molecule has 0 aromatic carbocycles. The smallest absolute Gasteiger partial charge is 0.0692 e. The lowest BCUT2D eigenvalue weighted by Gasteiger charge is -2.46. The van der Waals surface area contributed by atoms with Crippen LogP contribution < -0.4 is 0 Å². The summed E-state index contributed by atoms with van der Waals surface area (Å²) in [6.45, 7) is 6.48. The Morgan fingerprint density at radius 2 is 1.87 bits per heavy atom. The number of oxime groups is 2. The van der Waals surface area contributed by atoms with Crippen molar-refractivity contribution in [3.8, 4) is 0 Å². The minimum atomic E-state index is -0.0550. The van der Waals surface area contributed by atoms with E-state index in [1.165, 1.54) is 0 Å². The molecule has 2 atom stereocenters. The lowest BCUT2D eigenvalue weighted by molar-refractivity contribution is 0.164. The highest BCUT2D eigenvalue weighted by molar-refractivity contribution is 6.11. The summed E-state index contributed by atoms with van der Waals surface area (Å²) >= 11 is 0. The summed E-state index contributed by atoms with van der Waals surface area (Å²) in [4.78, 5) is 0. The first-order valence-corrected chi connectivity index (χ1v) is 5.39. The van der Waals surface area contributed by atoms with Crippen molar-refractivity contribution in [2.24, 2.45) is 27.1 Å². The maximum absolute atomic E-state index is 9.07. The van der Waals surface area contributed by atoms with Crippen molar-refractivity contribution in [3.05, 3.63) is 0 Å². The molecule has 2 N–H and O–H groups in total. The first-order valence-electron chi connectivity index (χ1n) is 5.39. The van der Waals surface area contributed by atoms with Crippen molar-refractivity contribution in [1.29, 1.82) is 0 Å². The van der Waals surface area contributed by atoms with Crippen molar-refractivity contribution in [3.63, 3.8) is 0 Å². The molecule has 2 fully saturated rings. The molecule has 0 saturated heterocycles. The van der Waals surface area contributed by atoms with E-state index in [1.54, 1.807) is 0 Å². The lowest BCUT2D eigenvalue weighted by atomic mass is 9.57. The molecule has 15 heavy (non-hydrogen) atoms. The minimum absolute atomic E-state index is 0.00831. The standard InChI is InChI=1S/C11H18N2O2/c1-10(2)7-4-5-11(10,3)9(13-15)6-8(7)12-14/h7,14-15H,4-6H2,1-3H3. The van der Waals surface area contributed by atoms with E-state index in [-0.39, 0.29) is 10.8 Å². The minimum Gasteiger partial charge on any atom is -0.411 e. The molecule has 0 aliphatic heterocycles. The zero-order valence-electron chi connectivity index (χ0n) is 9.49. The highest BCUT2D eigenvalue weighted by Crippen LogP contribution is 2.60. The molecule has 2 aliphatic carbocycles. The fourth-order valence-corrected chi connectivity index (χ4v) is 3.34. The molecule has 0 aromatic heterocycles. The van der Waals surface area contributed by atoms with Gasteiger partial charge in [0.05, 0.1) is 11.4 Å². The van der Waals surface area contributed by atoms with Gasteiger partial charge in [-0.3, -0.25) is 0 Å². The first-order chi connectivity index (χ1) is 6.97. The molecule has 84 valence electrons. The predicted octanol–water partition coefficient (Wildman–Crippen LogP) is 2.49. The maximum Gasteiger partial charge on any atom is 0.0692 e. The third kappa shape index (κ3) is 1.08. The van der Waals surface area contributed by atoms with E-state index in [4.69, 9.17) is 10.4 Å². The van der Waals surface area contributed by atoms with Gasteiger partial charge in [0.25, 0.3) is 0 Å². The monoisotopic (exact) mass is 210 g/mol. The third-order valence-electron chi connectivity index (χ3n) is 4.86. The molecule has 0 amide bonds. The Bertz CT molecular complexity index is 346. The Morgan fingerprint density at radius 1 is 1.20 bits per heavy atom. The Kier molecular flexibility index (Phi) is 2.07. The van der Waals surface area contributed by atoms with Crippen LogP contribution >= 0.6 is 0 Å². The molecule has 0 radical (unpaired) electrons. The van der Waals surface area contributed by atoms with E-state index < -0.39 is 0 Å². The summed E-state index contributed by atoms with van der Waals surface area (Å²) in [5.41, 5.74) is 1.48. The van der Waals surface area contributed by atoms with E-state index in [0.29, 0.717) is 12.3 Å². The van der Waals surface area contributed by atoms with Crippen LogP contribution in [0.4, 0.5) is 0 Å². The van der Waals surface area contributed by atoms with E-state index in [0.717, 1.165) is 24.3 Å². The molecule has 0 spiro atoms. The highest BCUT2D eigenvalue weighted by Gasteiger charge is 2.59. The van der Waals surface area contributed by atoms with Crippen LogP contribution in [0.5, 0.6) is 0 Å². The molecule has 0 aromatic rings. The van der Waals surface area contributed by atoms with Crippen LogP contribution in [0.3, 0.4) is 0 Å². The summed E-state index contributed by atoms with van der Waals surface area (Å²) < 4.78 is 0. The second-order valence-electron chi connectivity index (χ2n) is 5.46. The van der Waals surface area contributed by atoms with E-state index in [2.05, 4.69) is 31.1 Å². The van der Waals surface area contributed by atoms with Crippen LogP contribution in [0.15, 0.2) is 10.3 Å². The molecule has 2 aliphatic rings. The fourth-order valence-electron chi connectivity index (χ4n) is 3.34. The Balaban J connectivity index is 2.54. The van der Waals surface area contributed by atoms with Gasteiger partial charge in [0.2, 0.25) is 0 Å². The summed E-state index contributed by atoms with van der Waals surface area (Å²) in [7, 11) is 0. The van der Waals surface area contributed by atoms with E-state index >= 15 is 0 Å².